The van der Waals surface area contributed by atoms with E-state index >= 15 is 0 Å². The summed E-state index contributed by atoms with van der Waals surface area (Å²) in [4.78, 5) is 0. The molecule has 7 unspecified atom stereocenters. The van der Waals surface area contributed by atoms with Crippen LogP contribution in [0.15, 0.2) is 36.0 Å². The Morgan fingerprint density at radius 2 is 2.16 bits per heavy atom. The van der Waals surface area contributed by atoms with E-state index in [0.29, 0.717) is 17.9 Å². The molecule has 100 valence electrons. The SMILES string of the molecule is C1=CC2CC1=CC2COC1OC1C1CC2C=CC1C2. The zero-order valence-electron chi connectivity index (χ0n) is 11.1. The second kappa shape index (κ2) is 3.83. The summed E-state index contributed by atoms with van der Waals surface area (Å²) in [5.41, 5.74) is 1.50. The van der Waals surface area contributed by atoms with Crippen LogP contribution >= 0.6 is 0 Å². The average molecular weight is 256 g/mol. The third kappa shape index (κ3) is 1.70. The highest BCUT2D eigenvalue weighted by Crippen LogP contribution is 2.50. The third-order valence-electron chi connectivity index (χ3n) is 5.70. The largest absolute Gasteiger partial charge is 0.349 e. The molecule has 2 nitrogen and oxygen atoms in total. The molecule has 2 heteroatoms. The minimum atomic E-state index is 0.0965. The van der Waals surface area contributed by atoms with Crippen LogP contribution < -0.4 is 0 Å². The summed E-state index contributed by atoms with van der Waals surface area (Å²) in [5.74, 6) is 3.65. The average Bonchev–Trinajstić information content (AvgIpc) is 2.93. The number of epoxide rings is 1. The van der Waals surface area contributed by atoms with Gasteiger partial charge in [-0.3, -0.25) is 0 Å². The summed E-state index contributed by atoms with van der Waals surface area (Å²) in [5, 5.41) is 0. The van der Waals surface area contributed by atoms with Crippen LogP contribution in [0.1, 0.15) is 19.3 Å². The monoisotopic (exact) mass is 256 g/mol. The smallest absolute Gasteiger partial charge is 0.184 e. The lowest BCUT2D eigenvalue weighted by Gasteiger charge is -2.16. The fourth-order valence-electron chi connectivity index (χ4n) is 4.60. The summed E-state index contributed by atoms with van der Waals surface area (Å²) >= 11 is 0. The first-order chi connectivity index (χ1) is 9.37. The van der Waals surface area contributed by atoms with Crippen LogP contribution in [0.25, 0.3) is 0 Å². The van der Waals surface area contributed by atoms with E-state index < -0.39 is 0 Å². The highest BCUT2D eigenvalue weighted by molar-refractivity contribution is 5.34. The maximum absolute atomic E-state index is 6.00. The molecule has 0 amide bonds. The summed E-state index contributed by atoms with van der Waals surface area (Å²) in [6.45, 7) is 0.844. The number of hydrogen-bond donors (Lipinski definition) is 0. The Balaban J connectivity index is 1.15. The first kappa shape index (κ1) is 10.9. The summed E-state index contributed by atoms with van der Waals surface area (Å²) in [6, 6.07) is 0. The molecule has 0 N–H and O–H groups in total. The topological polar surface area (TPSA) is 21.8 Å². The molecule has 5 aliphatic rings. The zero-order valence-corrected chi connectivity index (χ0v) is 11.1. The van der Waals surface area contributed by atoms with Gasteiger partial charge in [0.25, 0.3) is 0 Å². The van der Waals surface area contributed by atoms with Crippen LogP contribution in [0.4, 0.5) is 0 Å². The molecule has 1 heterocycles. The Morgan fingerprint density at radius 3 is 2.84 bits per heavy atom. The molecule has 0 aromatic rings. The molecule has 0 spiro atoms. The Labute approximate surface area is 114 Å². The predicted molar refractivity (Wildman–Crippen MR) is 72.3 cm³/mol. The van der Waals surface area contributed by atoms with Crippen molar-refractivity contribution in [3.63, 3.8) is 0 Å². The van der Waals surface area contributed by atoms with E-state index in [9.17, 15) is 0 Å². The quantitative estimate of drug-likeness (QED) is 0.569. The van der Waals surface area contributed by atoms with Crippen molar-refractivity contribution in [2.45, 2.75) is 31.7 Å². The molecule has 1 saturated carbocycles. The fraction of sp³-hybridized carbons (Fsp3) is 0.647. The number of ether oxygens (including phenoxy) is 2. The van der Waals surface area contributed by atoms with Gasteiger partial charge in [-0.2, -0.15) is 0 Å². The molecule has 4 aliphatic carbocycles. The van der Waals surface area contributed by atoms with Crippen LogP contribution in [-0.2, 0) is 9.47 Å². The van der Waals surface area contributed by atoms with E-state index in [0.717, 1.165) is 24.4 Å². The van der Waals surface area contributed by atoms with Gasteiger partial charge < -0.3 is 9.47 Å². The molecule has 2 fully saturated rings. The Kier molecular flexibility index (Phi) is 2.19. The minimum absolute atomic E-state index is 0.0965. The van der Waals surface area contributed by atoms with Gasteiger partial charge in [0.2, 0.25) is 0 Å². The molecule has 0 aromatic carbocycles. The van der Waals surface area contributed by atoms with Gasteiger partial charge in [-0.05, 0) is 42.9 Å². The van der Waals surface area contributed by atoms with Crippen LogP contribution in [0, 0.1) is 29.6 Å². The lowest BCUT2D eigenvalue weighted by Crippen LogP contribution is -2.19. The van der Waals surface area contributed by atoms with Gasteiger partial charge in [0.05, 0.1) is 6.61 Å². The van der Waals surface area contributed by atoms with E-state index in [-0.39, 0.29) is 6.29 Å². The molecule has 19 heavy (non-hydrogen) atoms. The maximum Gasteiger partial charge on any atom is 0.184 e. The summed E-state index contributed by atoms with van der Waals surface area (Å²) < 4.78 is 11.8. The molecular weight excluding hydrogens is 236 g/mol. The normalized spacial score (nSPS) is 52.2. The molecular formula is C17H20O2. The number of hydrogen-bond acceptors (Lipinski definition) is 2. The van der Waals surface area contributed by atoms with Crippen molar-refractivity contribution in [3.05, 3.63) is 36.0 Å². The standard InChI is InChI=1S/C17H20O2/c1-3-12-5-10(1)7-14(12)9-18-17-16(19-17)15-8-11-2-4-13(15)6-11/h1-4,7,11-17H,5-6,8-9H2. The Morgan fingerprint density at radius 1 is 1.16 bits per heavy atom. The van der Waals surface area contributed by atoms with Gasteiger partial charge >= 0.3 is 0 Å². The molecule has 0 radical (unpaired) electrons. The van der Waals surface area contributed by atoms with Crippen molar-refractivity contribution in [1.82, 2.24) is 0 Å². The van der Waals surface area contributed by atoms with Crippen molar-refractivity contribution < 1.29 is 9.47 Å². The van der Waals surface area contributed by atoms with Crippen molar-refractivity contribution in [3.8, 4) is 0 Å². The van der Waals surface area contributed by atoms with Gasteiger partial charge in [0.1, 0.15) is 6.10 Å². The van der Waals surface area contributed by atoms with Gasteiger partial charge in [-0.1, -0.05) is 36.0 Å². The van der Waals surface area contributed by atoms with E-state index in [2.05, 4.69) is 30.4 Å². The predicted octanol–water partition coefficient (Wildman–Crippen LogP) is 3.07. The van der Waals surface area contributed by atoms with Gasteiger partial charge in [-0.25, -0.2) is 0 Å². The van der Waals surface area contributed by atoms with E-state index in [1.807, 2.05) is 0 Å². The molecule has 5 rings (SSSR count). The Bertz CT molecular complexity index is 489. The van der Waals surface area contributed by atoms with Crippen molar-refractivity contribution in [1.29, 1.82) is 0 Å². The second-order valence-corrected chi connectivity index (χ2v) is 6.88. The van der Waals surface area contributed by atoms with Crippen molar-refractivity contribution in [2.24, 2.45) is 29.6 Å². The van der Waals surface area contributed by atoms with Crippen LogP contribution in [0.5, 0.6) is 0 Å². The molecule has 1 aliphatic heterocycles. The van der Waals surface area contributed by atoms with Crippen LogP contribution in [0.2, 0.25) is 0 Å². The van der Waals surface area contributed by atoms with Crippen LogP contribution in [-0.4, -0.2) is 19.0 Å². The first-order valence-corrected chi connectivity index (χ1v) is 7.71. The molecule has 1 saturated heterocycles. The van der Waals surface area contributed by atoms with E-state index in [4.69, 9.17) is 9.47 Å². The second-order valence-electron chi connectivity index (χ2n) is 6.88. The third-order valence-corrected chi connectivity index (χ3v) is 5.70. The van der Waals surface area contributed by atoms with E-state index in [1.54, 1.807) is 0 Å². The van der Waals surface area contributed by atoms with Gasteiger partial charge in [-0.15, -0.1) is 0 Å². The maximum atomic E-state index is 6.00. The van der Waals surface area contributed by atoms with Crippen LogP contribution in [0.3, 0.4) is 0 Å². The Hall–Kier alpha value is -0.860. The summed E-state index contributed by atoms with van der Waals surface area (Å²) in [6.07, 6.45) is 16.2. The fourth-order valence-corrected chi connectivity index (χ4v) is 4.60. The highest BCUT2D eigenvalue weighted by Gasteiger charge is 2.52. The van der Waals surface area contributed by atoms with E-state index in [1.165, 1.54) is 24.8 Å². The number of fused-ring (bicyclic) bond motifs is 4. The number of rotatable bonds is 4. The van der Waals surface area contributed by atoms with Crippen molar-refractivity contribution >= 4 is 0 Å². The molecule has 7 atom stereocenters. The molecule has 4 bridgehead atoms. The lowest BCUT2D eigenvalue weighted by atomic mass is 9.90. The zero-order chi connectivity index (χ0) is 12.4. The molecule has 0 aromatic heterocycles. The van der Waals surface area contributed by atoms with Gasteiger partial charge in [0.15, 0.2) is 6.29 Å². The first-order valence-electron chi connectivity index (χ1n) is 7.71. The number of allylic oxidation sites excluding steroid dienone is 5. The summed E-state index contributed by atoms with van der Waals surface area (Å²) in [7, 11) is 0. The van der Waals surface area contributed by atoms with Gasteiger partial charge in [0, 0.05) is 5.92 Å². The highest BCUT2D eigenvalue weighted by atomic mass is 16.8. The van der Waals surface area contributed by atoms with Crippen molar-refractivity contribution in [2.75, 3.05) is 6.61 Å². The lowest BCUT2D eigenvalue weighted by molar-refractivity contribution is 0.0310. The minimum Gasteiger partial charge on any atom is -0.349 e.